The highest BCUT2D eigenvalue weighted by atomic mass is 35.5. The molecule has 0 unspecified atom stereocenters. The van der Waals surface area contributed by atoms with Crippen LogP contribution in [0.25, 0.3) is 21.9 Å². The molecule has 1 N–H and O–H groups in total. The van der Waals surface area contributed by atoms with Gasteiger partial charge in [-0.15, -0.1) is 13.2 Å². The van der Waals surface area contributed by atoms with Gasteiger partial charge in [0.2, 0.25) is 0 Å². The van der Waals surface area contributed by atoms with E-state index in [0.717, 1.165) is 37.3 Å². The fourth-order valence-corrected chi connectivity index (χ4v) is 7.33. The van der Waals surface area contributed by atoms with Gasteiger partial charge in [-0.05, 0) is 49.9 Å². The van der Waals surface area contributed by atoms with E-state index in [9.17, 15) is 14.7 Å². The average Bonchev–Trinajstić information content (AvgIpc) is 3.13. The van der Waals surface area contributed by atoms with Crippen LogP contribution in [0.1, 0.15) is 33.4 Å². The van der Waals surface area contributed by atoms with Crippen LogP contribution >= 0.6 is 23.2 Å². The quantitative estimate of drug-likeness (QED) is 0.125. The number of morpholine rings is 2. The number of aliphatic hydroxyl groups excluding tert-OH is 1. The molecule has 0 aliphatic carbocycles. The van der Waals surface area contributed by atoms with E-state index in [1.807, 2.05) is 13.8 Å². The molecule has 2 aliphatic rings. The molecule has 2 aromatic heterocycles. The molecular formula is C39H44Cl2N2O9. The molecule has 0 radical (unpaired) electrons. The van der Waals surface area contributed by atoms with Gasteiger partial charge >= 0.3 is 11.3 Å². The van der Waals surface area contributed by atoms with Crippen LogP contribution in [0, 0.1) is 13.8 Å². The Balaban J connectivity index is 1.22. The average molecular weight is 756 g/mol. The summed E-state index contributed by atoms with van der Waals surface area (Å²) in [6.07, 6.45) is 2.83. The van der Waals surface area contributed by atoms with Crippen molar-refractivity contribution in [3.05, 3.63) is 102 Å². The molecule has 0 bridgehead atoms. The molecule has 0 saturated carbocycles. The van der Waals surface area contributed by atoms with Crippen molar-refractivity contribution in [2.45, 2.75) is 45.9 Å². The first kappa shape index (κ1) is 38.1. The molecule has 0 atom stereocenters. The molecule has 2 fully saturated rings. The van der Waals surface area contributed by atoms with Crippen molar-refractivity contribution >= 4 is 45.1 Å². The van der Waals surface area contributed by atoms with E-state index in [4.69, 9.17) is 51.0 Å². The fraction of sp³-hybridized carbons (Fsp3) is 0.436. The number of halogens is 2. The fourth-order valence-electron chi connectivity index (χ4n) is 6.78. The van der Waals surface area contributed by atoms with Crippen molar-refractivity contribution in [3.63, 3.8) is 0 Å². The van der Waals surface area contributed by atoms with Gasteiger partial charge in [0.15, 0.2) is 0 Å². The van der Waals surface area contributed by atoms with Gasteiger partial charge in [-0.25, -0.2) is 9.59 Å². The van der Waals surface area contributed by atoms with Crippen molar-refractivity contribution in [2.24, 2.45) is 0 Å². The first-order valence-corrected chi connectivity index (χ1v) is 18.2. The summed E-state index contributed by atoms with van der Waals surface area (Å²) in [4.78, 5) is 30.8. The molecule has 2 aromatic carbocycles. The molecule has 4 heterocycles. The highest BCUT2D eigenvalue weighted by Gasteiger charge is 2.25. The van der Waals surface area contributed by atoms with Gasteiger partial charge in [0.05, 0.1) is 47.6 Å². The van der Waals surface area contributed by atoms with Crippen LogP contribution in [-0.4, -0.2) is 86.8 Å². The highest BCUT2D eigenvalue weighted by Crippen LogP contribution is 2.39. The van der Waals surface area contributed by atoms with Crippen molar-refractivity contribution in [3.8, 4) is 11.5 Å². The summed E-state index contributed by atoms with van der Waals surface area (Å²) in [6.45, 7) is 17.4. The first-order valence-electron chi connectivity index (χ1n) is 17.4. The minimum absolute atomic E-state index is 0.200. The molecule has 0 amide bonds. The molecule has 0 spiro atoms. The number of fused-ring (bicyclic) bond motifs is 2. The van der Waals surface area contributed by atoms with Crippen molar-refractivity contribution in [1.82, 2.24) is 9.80 Å². The van der Waals surface area contributed by atoms with Crippen molar-refractivity contribution in [1.29, 1.82) is 0 Å². The molecule has 52 heavy (non-hydrogen) atoms. The lowest BCUT2D eigenvalue weighted by Crippen LogP contribution is -2.37. The highest BCUT2D eigenvalue weighted by molar-refractivity contribution is 6.33. The number of benzene rings is 2. The second kappa shape index (κ2) is 17.0. The molecule has 2 saturated heterocycles. The number of ether oxygens (including phenoxy) is 4. The first-order chi connectivity index (χ1) is 25.1. The van der Waals surface area contributed by atoms with E-state index in [2.05, 4.69) is 23.0 Å². The summed E-state index contributed by atoms with van der Waals surface area (Å²) in [7, 11) is 0. The van der Waals surface area contributed by atoms with Crippen LogP contribution < -0.4 is 20.7 Å². The van der Waals surface area contributed by atoms with E-state index in [-0.39, 0.29) is 24.7 Å². The third kappa shape index (κ3) is 8.11. The Labute approximate surface area is 311 Å². The molecule has 278 valence electrons. The van der Waals surface area contributed by atoms with Gasteiger partial charge in [0.25, 0.3) is 0 Å². The van der Waals surface area contributed by atoms with Gasteiger partial charge in [-0.1, -0.05) is 35.4 Å². The number of aliphatic hydroxyl groups is 1. The van der Waals surface area contributed by atoms with E-state index >= 15 is 0 Å². The van der Waals surface area contributed by atoms with Gasteiger partial charge in [-0.2, -0.15) is 0 Å². The maximum atomic E-state index is 13.3. The predicted octanol–water partition coefficient (Wildman–Crippen LogP) is 5.76. The number of aryl methyl sites for hydroxylation is 2. The van der Waals surface area contributed by atoms with Gasteiger partial charge in [0, 0.05) is 61.2 Å². The third-order valence-electron chi connectivity index (χ3n) is 9.67. The molecule has 13 heteroatoms. The van der Waals surface area contributed by atoms with Gasteiger partial charge in [0.1, 0.15) is 42.0 Å². The van der Waals surface area contributed by atoms with E-state index in [1.165, 1.54) is 0 Å². The van der Waals surface area contributed by atoms with E-state index in [1.54, 1.807) is 24.3 Å². The lowest BCUT2D eigenvalue weighted by Gasteiger charge is -2.27. The molecule has 6 rings (SSSR count). The number of hydrogen-bond acceptors (Lipinski definition) is 11. The van der Waals surface area contributed by atoms with Crippen molar-refractivity contribution in [2.75, 3.05) is 65.8 Å². The minimum atomic E-state index is -1.12. The Hall–Kier alpha value is -3.68. The monoisotopic (exact) mass is 754 g/mol. The second-order valence-corrected chi connectivity index (χ2v) is 13.9. The summed E-state index contributed by atoms with van der Waals surface area (Å²) in [6, 6.07) is 3.45. The maximum absolute atomic E-state index is 13.3. The minimum Gasteiger partial charge on any atom is -0.489 e. The molecule has 11 nitrogen and oxygen atoms in total. The van der Waals surface area contributed by atoms with E-state index < -0.39 is 17.4 Å². The van der Waals surface area contributed by atoms with Crippen LogP contribution in [0.4, 0.5) is 0 Å². The summed E-state index contributed by atoms with van der Waals surface area (Å²) < 4.78 is 34.9. The number of rotatable bonds is 14. The van der Waals surface area contributed by atoms with Crippen LogP contribution in [0.2, 0.25) is 10.0 Å². The topological polar surface area (TPSA) is 124 Å². The zero-order chi connectivity index (χ0) is 36.9. The smallest absolute Gasteiger partial charge is 0.341 e. The summed E-state index contributed by atoms with van der Waals surface area (Å²) in [5.41, 5.74) is 3.68. The van der Waals surface area contributed by atoms with Crippen molar-refractivity contribution < 1.29 is 32.9 Å². The second-order valence-electron chi connectivity index (χ2n) is 13.1. The zero-order valence-electron chi connectivity index (χ0n) is 29.6. The number of allylic oxidation sites excluding steroid dienone is 2. The lowest BCUT2D eigenvalue weighted by atomic mass is 10.0. The molecule has 2 aliphatic heterocycles. The maximum Gasteiger partial charge on any atom is 0.341 e. The molecule has 4 aromatic rings. The standard InChI is InChI=1S/C39H44Cl2N2O9/c1-5-7-26-34-28(23(3)30(38(45)51-34)19-42-9-13-47-14-10-42)17-32(40)36(26)49-21-25(44)22-50-37-27(8-6-2)35-29(18-33(37)41)24(4)31(39(46)52-35)20-43-11-15-48-16-12-43/h5-6,17-18,25,44H,1-2,7-16,19-22H2,3-4H3. The van der Waals surface area contributed by atoms with Gasteiger partial charge < -0.3 is 32.9 Å². The SMILES string of the molecule is C=CCc1c(OCC(O)COc2c(Cl)cc3c(C)c(CN4CCOCC4)c(=O)oc3c2CC=C)c(Cl)cc2c(C)c(CN3CCOCC3)c(=O)oc12. The Morgan fingerprint density at radius 1 is 0.731 bits per heavy atom. The summed E-state index contributed by atoms with van der Waals surface area (Å²) in [5.74, 6) is 0.552. The van der Waals surface area contributed by atoms with Crippen LogP contribution in [-0.2, 0) is 35.4 Å². The number of hydrogen-bond donors (Lipinski definition) is 1. The van der Waals surface area contributed by atoms with E-state index in [0.29, 0.717) is 107 Å². The Bertz CT molecular complexity index is 1930. The number of nitrogens with zero attached hydrogens (tertiary/aromatic N) is 2. The van der Waals surface area contributed by atoms with Crippen LogP contribution in [0.3, 0.4) is 0 Å². The summed E-state index contributed by atoms with van der Waals surface area (Å²) in [5, 5.41) is 13.0. The largest absolute Gasteiger partial charge is 0.489 e. The Morgan fingerprint density at radius 3 is 1.48 bits per heavy atom. The third-order valence-corrected chi connectivity index (χ3v) is 10.2. The van der Waals surface area contributed by atoms with Gasteiger partial charge in [-0.3, -0.25) is 9.80 Å². The lowest BCUT2D eigenvalue weighted by molar-refractivity contribution is 0.0336. The molecular weight excluding hydrogens is 711 g/mol. The Morgan fingerprint density at radius 2 is 1.12 bits per heavy atom. The predicted molar refractivity (Wildman–Crippen MR) is 201 cm³/mol. The Kier molecular flexibility index (Phi) is 12.4. The summed E-state index contributed by atoms with van der Waals surface area (Å²) >= 11 is 13.6. The van der Waals surface area contributed by atoms with Crippen LogP contribution in [0.15, 0.2) is 55.9 Å². The zero-order valence-corrected chi connectivity index (χ0v) is 31.1. The van der Waals surface area contributed by atoms with Crippen LogP contribution in [0.5, 0.6) is 11.5 Å². The normalized spacial score (nSPS) is 15.8.